The minimum absolute atomic E-state index is 0.0874. The van der Waals surface area contributed by atoms with Gasteiger partial charge in [-0.15, -0.1) is 0 Å². The number of anilines is 2. The van der Waals surface area contributed by atoms with E-state index in [1.807, 2.05) is 17.0 Å². The van der Waals surface area contributed by atoms with Crippen LogP contribution in [0.2, 0.25) is 0 Å². The predicted molar refractivity (Wildman–Crippen MR) is 95.4 cm³/mol. The maximum Gasteiger partial charge on any atom is 0.270 e. The van der Waals surface area contributed by atoms with Gasteiger partial charge in [-0.3, -0.25) is 9.59 Å². The lowest BCUT2D eigenvalue weighted by atomic mass is 10.1. The summed E-state index contributed by atoms with van der Waals surface area (Å²) in [7, 11) is 1.61. The smallest absolute Gasteiger partial charge is 0.270 e. The van der Waals surface area contributed by atoms with Crippen molar-refractivity contribution >= 4 is 23.5 Å². The number of carbonyl (C=O) groups excluding carboxylic acids is 2. The zero-order valence-electron chi connectivity index (χ0n) is 14.4. The number of nitrogens with one attached hydrogen (secondary N) is 3. The molecule has 25 heavy (non-hydrogen) atoms. The molecule has 0 aromatic carbocycles. The van der Waals surface area contributed by atoms with Gasteiger partial charge in [-0.2, -0.15) is 0 Å². The highest BCUT2D eigenvalue weighted by Crippen LogP contribution is 2.33. The fourth-order valence-electron chi connectivity index (χ4n) is 3.71. The average Bonchev–Trinajstić information content (AvgIpc) is 3.39. The molecule has 0 bridgehead atoms. The molecule has 0 saturated carbocycles. The Labute approximate surface area is 146 Å². The Hall–Kier alpha value is -2.70. The molecule has 0 unspecified atom stereocenters. The molecule has 1 fully saturated rings. The van der Waals surface area contributed by atoms with E-state index in [1.54, 1.807) is 13.1 Å². The van der Waals surface area contributed by atoms with Crippen molar-refractivity contribution in [2.45, 2.75) is 25.7 Å². The quantitative estimate of drug-likeness (QED) is 0.798. The van der Waals surface area contributed by atoms with E-state index in [0.717, 1.165) is 62.5 Å². The largest absolute Gasteiger partial charge is 0.354 e. The van der Waals surface area contributed by atoms with Gasteiger partial charge in [-0.05, 0) is 49.4 Å². The maximum atomic E-state index is 12.7. The number of hydrogen-bond donors (Lipinski definition) is 3. The number of aromatic amines is 2. The molecule has 1 saturated heterocycles. The van der Waals surface area contributed by atoms with Crippen LogP contribution in [0.1, 0.15) is 45.8 Å². The molecule has 2 aromatic heterocycles. The van der Waals surface area contributed by atoms with Crippen molar-refractivity contribution in [3.63, 3.8) is 0 Å². The topological polar surface area (TPSA) is 84.2 Å². The molecule has 0 spiro atoms. The Morgan fingerprint density at radius 3 is 2.60 bits per heavy atom. The van der Waals surface area contributed by atoms with Crippen LogP contribution in [0, 0.1) is 0 Å². The van der Waals surface area contributed by atoms with Gasteiger partial charge in [-0.25, -0.2) is 0 Å². The van der Waals surface area contributed by atoms with Crippen molar-refractivity contribution < 1.29 is 9.59 Å². The second-order valence-corrected chi connectivity index (χ2v) is 6.65. The first-order valence-corrected chi connectivity index (χ1v) is 8.87. The van der Waals surface area contributed by atoms with Gasteiger partial charge in [-0.1, -0.05) is 0 Å². The number of aromatic nitrogens is 2. The van der Waals surface area contributed by atoms with E-state index in [2.05, 4.69) is 20.2 Å². The van der Waals surface area contributed by atoms with Crippen molar-refractivity contribution in [3.8, 4) is 0 Å². The molecule has 3 N–H and O–H groups in total. The van der Waals surface area contributed by atoms with Crippen molar-refractivity contribution in [1.82, 2.24) is 20.2 Å². The molecule has 0 aliphatic carbocycles. The van der Waals surface area contributed by atoms with Crippen molar-refractivity contribution in [1.29, 1.82) is 0 Å². The number of carbonyl (C=O) groups is 2. The van der Waals surface area contributed by atoms with Crippen LogP contribution in [-0.2, 0) is 6.42 Å². The number of amides is 2. The SMILES string of the molecule is CNC(=O)c1ccc(N2CCCc3cc(C(=O)N4CCCC4)[nH]c32)[nH]1. The highest BCUT2D eigenvalue weighted by atomic mass is 16.2. The highest BCUT2D eigenvalue weighted by molar-refractivity contribution is 5.95. The second-order valence-electron chi connectivity index (χ2n) is 6.65. The van der Waals surface area contributed by atoms with Gasteiger partial charge in [0, 0.05) is 26.7 Å². The summed E-state index contributed by atoms with van der Waals surface area (Å²) in [5, 5.41) is 2.62. The highest BCUT2D eigenvalue weighted by Gasteiger charge is 2.27. The second kappa shape index (κ2) is 6.31. The molecular formula is C18H23N5O2. The van der Waals surface area contributed by atoms with Crippen LogP contribution in [0.15, 0.2) is 18.2 Å². The number of H-pyrrole nitrogens is 2. The normalized spacial score (nSPS) is 16.8. The van der Waals surface area contributed by atoms with Gasteiger partial charge in [0.2, 0.25) is 0 Å². The Balaban J connectivity index is 1.62. The number of likely N-dealkylation sites (tertiary alicyclic amines) is 1. The van der Waals surface area contributed by atoms with Gasteiger partial charge in [0.05, 0.1) is 0 Å². The van der Waals surface area contributed by atoms with Crippen LogP contribution >= 0.6 is 0 Å². The first kappa shape index (κ1) is 15.8. The van der Waals surface area contributed by atoms with Crippen molar-refractivity contribution in [2.24, 2.45) is 0 Å². The van der Waals surface area contributed by atoms with Crippen molar-refractivity contribution in [2.75, 3.05) is 31.6 Å². The van der Waals surface area contributed by atoms with Gasteiger partial charge >= 0.3 is 0 Å². The van der Waals surface area contributed by atoms with E-state index in [0.29, 0.717) is 11.4 Å². The van der Waals surface area contributed by atoms with Crippen molar-refractivity contribution in [3.05, 3.63) is 35.2 Å². The summed E-state index contributed by atoms with van der Waals surface area (Å²) in [6.07, 6.45) is 4.14. The lowest BCUT2D eigenvalue weighted by Gasteiger charge is -2.27. The molecule has 0 atom stereocenters. The Kier molecular flexibility index (Phi) is 3.99. The number of rotatable bonds is 3. The first-order valence-electron chi connectivity index (χ1n) is 8.87. The van der Waals surface area contributed by atoms with Crippen LogP contribution in [0.25, 0.3) is 0 Å². The fourth-order valence-corrected chi connectivity index (χ4v) is 3.71. The summed E-state index contributed by atoms with van der Waals surface area (Å²) in [5.41, 5.74) is 2.35. The summed E-state index contributed by atoms with van der Waals surface area (Å²) >= 11 is 0. The monoisotopic (exact) mass is 341 g/mol. The fraction of sp³-hybridized carbons (Fsp3) is 0.444. The predicted octanol–water partition coefficient (Wildman–Crippen LogP) is 2.02. The van der Waals surface area contributed by atoms with E-state index in [4.69, 9.17) is 0 Å². The molecule has 0 radical (unpaired) electrons. The molecule has 4 heterocycles. The summed E-state index contributed by atoms with van der Waals surface area (Å²) in [6, 6.07) is 5.68. The van der Waals surface area contributed by atoms with Gasteiger partial charge in [0.15, 0.2) is 0 Å². The summed E-state index contributed by atoms with van der Waals surface area (Å²) < 4.78 is 0. The third-order valence-electron chi connectivity index (χ3n) is 5.03. The Morgan fingerprint density at radius 2 is 1.84 bits per heavy atom. The lowest BCUT2D eigenvalue weighted by Crippen LogP contribution is -2.28. The van der Waals surface area contributed by atoms with Gasteiger partial charge in [0.1, 0.15) is 23.0 Å². The Morgan fingerprint density at radius 1 is 1.04 bits per heavy atom. The van der Waals surface area contributed by atoms with Crippen LogP contribution in [-0.4, -0.2) is 53.4 Å². The average molecular weight is 341 g/mol. The third kappa shape index (κ3) is 2.79. The first-order chi connectivity index (χ1) is 12.2. The van der Waals surface area contributed by atoms with E-state index in [1.165, 1.54) is 0 Å². The van der Waals surface area contributed by atoms with E-state index in [-0.39, 0.29) is 11.8 Å². The minimum Gasteiger partial charge on any atom is -0.354 e. The molecule has 7 heteroatoms. The number of hydrogen-bond acceptors (Lipinski definition) is 3. The van der Waals surface area contributed by atoms with E-state index in [9.17, 15) is 9.59 Å². The number of nitrogens with zero attached hydrogens (tertiary/aromatic N) is 2. The third-order valence-corrected chi connectivity index (χ3v) is 5.03. The zero-order valence-corrected chi connectivity index (χ0v) is 14.4. The van der Waals surface area contributed by atoms with Crippen LogP contribution in [0.3, 0.4) is 0 Å². The van der Waals surface area contributed by atoms with Crippen LogP contribution < -0.4 is 10.2 Å². The molecule has 4 rings (SSSR count). The van der Waals surface area contributed by atoms with Gasteiger partial charge < -0.3 is 25.1 Å². The minimum atomic E-state index is -0.139. The Bertz CT molecular complexity index is 800. The standard InChI is InChI=1S/C18H23N5O2/c1-19-17(24)13-6-7-15(20-13)23-10-4-5-12-11-14(21-16(12)23)18(25)22-8-2-3-9-22/h6-7,11,20-21H,2-5,8-10H2,1H3,(H,19,24). The maximum absolute atomic E-state index is 12.7. The number of fused-ring (bicyclic) bond motifs is 1. The molecule has 2 amide bonds. The molecule has 7 nitrogen and oxygen atoms in total. The summed E-state index contributed by atoms with van der Waals surface area (Å²) in [4.78, 5) is 35.0. The van der Waals surface area contributed by atoms with Gasteiger partial charge in [0.25, 0.3) is 11.8 Å². The summed E-state index contributed by atoms with van der Waals surface area (Å²) in [5.74, 6) is 1.77. The van der Waals surface area contributed by atoms with Crippen LogP contribution in [0.5, 0.6) is 0 Å². The zero-order chi connectivity index (χ0) is 17.4. The van der Waals surface area contributed by atoms with E-state index < -0.39 is 0 Å². The molecular weight excluding hydrogens is 318 g/mol. The summed E-state index contributed by atoms with van der Waals surface area (Å²) in [6.45, 7) is 2.54. The molecule has 2 aromatic rings. The molecule has 132 valence electrons. The lowest BCUT2D eigenvalue weighted by molar-refractivity contribution is 0.0787. The van der Waals surface area contributed by atoms with Crippen LogP contribution in [0.4, 0.5) is 11.6 Å². The molecule has 2 aliphatic heterocycles. The molecule has 2 aliphatic rings. The number of aryl methyl sites for hydroxylation is 1. The van der Waals surface area contributed by atoms with E-state index >= 15 is 0 Å².